The van der Waals surface area contributed by atoms with Crippen LogP contribution in [0.4, 0.5) is 17.3 Å². The molecule has 0 fully saturated rings. The first-order valence-electron chi connectivity index (χ1n) is 7.22. The third-order valence-corrected chi connectivity index (χ3v) is 3.36. The summed E-state index contributed by atoms with van der Waals surface area (Å²) < 4.78 is 1.72. The quantitative estimate of drug-likeness (QED) is 0.411. The highest BCUT2D eigenvalue weighted by atomic mass is 16.6. The minimum Gasteiger partial charge on any atom is -0.378 e. The lowest BCUT2D eigenvalue weighted by Crippen LogP contribution is -2.04. The van der Waals surface area contributed by atoms with E-state index in [1.165, 1.54) is 6.21 Å². The number of nitrogens with two attached hydrogens (primary N) is 1. The van der Waals surface area contributed by atoms with Gasteiger partial charge in [-0.1, -0.05) is 18.2 Å². The molecule has 3 rings (SSSR count). The number of hydrazone groups is 1. The summed E-state index contributed by atoms with van der Waals surface area (Å²) in [7, 11) is 0. The minimum absolute atomic E-state index is 0.0816. The number of nitrogens with one attached hydrogen (secondary N) is 1. The largest absolute Gasteiger partial charge is 0.378 e. The lowest BCUT2D eigenvalue weighted by Gasteiger charge is -2.01. The summed E-state index contributed by atoms with van der Waals surface area (Å²) in [5.74, 6) is -0.312. The number of aromatic nitrogens is 4. The van der Waals surface area contributed by atoms with E-state index in [1.807, 2.05) is 37.3 Å². The number of para-hydroxylation sites is 1. The normalized spacial score (nSPS) is 10.9. The summed E-state index contributed by atoms with van der Waals surface area (Å²) in [6.07, 6.45) is 4.43. The summed E-state index contributed by atoms with van der Waals surface area (Å²) in [5.41, 5.74) is 10.0. The summed E-state index contributed by atoms with van der Waals surface area (Å²) in [6, 6.07) is 9.62. The van der Waals surface area contributed by atoms with E-state index in [0.717, 1.165) is 23.3 Å². The molecule has 10 nitrogen and oxygen atoms in total. The Morgan fingerprint density at radius 2 is 2.08 bits per heavy atom. The maximum atomic E-state index is 11.0. The maximum absolute atomic E-state index is 11.0. The number of aryl methyl sites for hydroxylation is 1. The van der Waals surface area contributed by atoms with Crippen molar-refractivity contribution in [3.63, 3.8) is 0 Å². The van der Waals surface area contributed by atoms with Gasteiger partial charge in [-0.05, 0) is 19.1 Å². The summed E-state index contributed by atoms with van der Waals surface area (Å²) in [4.78, 5) is 17.8. The van der Waals surface area contributed by atoms with Crippen molar-refractivity contribution in [3.05, 3.63) is 64.2 Å². The fourth-order valence-corrected chi connectivity index (χ4v) is 2.13. The van der Waals surface area contributed by atoms with Crippen LogP contribution < -0.4 is 11.2 Å². The number of benzene rings is 1. The van der Waals surface area contributed by atoms with Gasteiger partial charge >= 0.3 is 5.69 Å². The monoisotopic (exact) mass is 338 g/mol. The number of hydrogen-bond donors (Lipinski definition) is 2. The van der Waals surface area contributed by atoms with Crippen LogP contribution in [0.3, 0.4) is 0 Å². The first-order chi connectivity index (χ1) is 12.1. The molecule has 0 saturated carbocycles. The van der Waals surface area contributed by atoms with Crippen LogP contribution in [0.25, 0.3) is 5.69 Å². The summed E-state index contributed by atoms with van der Waals surface area (Å²) in [6.45, 7) is 1.84. The van der Waals surface area contributed by atoms with Gasteiger partial charge in [0.15, 0.2) is 0 Å². The minimum atomic E-state index is -0.661. The van der Waals surface area contributed by atoms with E-state index >= 15 is 0 Å². The highest BCUT2D eigenvalue weighted by Gasteiger charge is 2.20. The molecule has 126 valence electrons. The van der Waals surface area contributed by atoms with Crippen molar-refractivity contribution in [2.45, 2.75) is 6.92 Å². The van der Waals surface area contributed by atoms with E-state index in [2.05, 4.69) is 25.6 Å². The molecule has 0 aliphatic rings. The van der Waals surface area contributed by atoms with Crippen molar-refractivity contribution in [2.75, 3.05) is 11.2 Å². The maximum Gasteiger partial charge on any atom is 0.354 e. The number of nitrogens with zero attached hydrogens (tertiary/aromatic N) is 6. The zero-order valence-corrected chi connectivity index (χ0v) is 13.2. The van der Waals surface area contributed by atoms with E-state index < -0.39 is 10.6 Å². The Morgan fingerprint density at radius 3 is 2.80 bits per heavy atom. The lowest BCUT2D eigenvalue weighted by molar-refractivity contribution is -0.383. The van der Waals surface area contributed by atoms with Gasteiger partial charge in [0.2, 0.25) is 11.6 Å². The van der Waals surface area contributed by atoms with E-state index in [4.69, 9.17) is 5.73 Å². The second kappa shape index (κ2) is 6.74. The molecule has 0 bridgehead atoms. The average Bonchev–Trinajstić information content (AvgIpc) is 2.96. The van der Waals surface area contributed by atoms with Crippen molar-refractivity contribution >= 4 is 23.5 Å². The predicted octanol–water partition coefficient (Wildman–Crippen LogP) is 1.91. The zero-order chi connectivity index (χ0) is 17.8. The van der Waals surface area contributed by atoms with Gasteiger partial charge in [0.1, 0.15) is 6.33 Å². The number of nitrogen functional groups attached to an aromatic ring is 1. The third kappa shape index (κ3) is 3.42. The Kier molecular flexibility index (Phi) is 4.33. The molecule has 10 heteroatoms. The molecule has 2 heterocycles. The van der Waals surface area contributed by atoms with Crippen LogP contribution in [-0.4, -0.2) is 30.9 Å². The number of hydrogen-bond acceptors (Lipinski definition) is 8. The number of nitro groups is 1. The van der Waals surface area contributed by atoms with Gasteiger partial charge in [-0.3, -0.25) is 15.5 Å². The molecule has 0 saturated heterocycles. The third-order valence-electron chi connectivity index (χ3n) is 3.36. The molecular weight excluding hydrogens is 324 g/mol. The molecule has 3 N–H and O–H groups in total. The van der Waals surface area contributed by atoms with E-state index in [9.17, 15) is 10.1 Å². The Balaban J connectivity index is 1.81. The van der Waals surface area contributed by atoms with Crippen LogP contribution in [0, 0.1) is 17.0 Å². The second-order valence-corrected chi connectivity index (χ2v) is 5.03. The van der Waals surface area contributed by atoms with Crippen LogP contribution in [0.5, 0.6) is 0 Å². The van der Waals surface area contributed by atoms with Crippen LogP contribution in [0.1, 0.15) is 11.3 Å². The molecule has 0 aliphatic carbocycles. The molecule has 0 amide bonds. The van der Waals surface area contributed by atoms with Crippen LogP contribution in [-0.2, 0) is 0 Å². The fraction of sp³-hybridized carbons (Fsp3) is 0.0667. The predicted molar refractivity (Wildman–Crippen MR) is 92.6 cm³/mol. The van der Waals surface area contributed by atoms with E-state index in [-0.39, 0.29) is 11.6 Å². The highest BCUT2D eigenvalue weighted by molar-refractivity contribution is 5.81. The molecule has 0 radical (unpaired) electrons. The first kappa shape index (κ1) is 16.1. The van der Waals surface area contributed by atoms with Gasteiger partial charge < -0.3 is 5.73 Å². The second-order valence-electron chi connectivity index (χ2n) is 5.03. The lowest BCUT2D eigenvalue weighted by atomic mass is 10.3. The summed E-state index contributed by atoms with van der Waals surface area (Å²) >= 11 is 0. The molecule has 0 aliphatic heterocycles. The van der Waals surface area contributed by atoms with Crippen LogP contribution in [0.15, 0.2) is 48.0 Å². The van der Waals surface area contributed by atoms with Gasteiger partial charge in [0, 0.05) is 11.8 Å². The molecule has 3 aromatic rings. The zero-order valence-electron chi connectivity index (χ0n) is 13.2. The van der Waals surface area contributed by atoms with Crippen molar-refractivity contribution < 1.29 is 4.92 Å². The topological polar surface area (TPSA) is 137 Å². The van der Waals surface area contributed by atoms with Crippen LogP contribution in [0.2, 0.25) is 0 Å². The molecule has 2 aromatic heterocycles. The Labute approximate surface area is 142 Å². The van der Waals surface area contributed by atoms with Gasteiger partial charge in [0.25, 0.3) is 0 Å². The van der Waals surface area contributed by atoms with Crippen molar-refractivity contribution in [1.82, 2.24) is 19.7 Å². The number of anilines is 2. The van der Waals surface area contributed by atoms with Crippen LogP contribution >= 0.6 is 0 Å². The SMILES string of the molecule is Cc1nn(-c2ccccc2)cc1C=NNc1ncnc(N)c1[N+](=O)[O-]. The Hall–Kier alpha value is -3.82. The molecule has 1 aromatic carbocycles. The molecule has 0 atom stereocenters. The fourth-order valence-electron chi connectivity index (χ4n) is 2.13. The van der Waals surface area contributed by atoms with E-state index in [0.29, 0.717) is 0 Å². The van der Waals surface area contributed by atoms with E-state index in [1.54, 1.807) is 10.9 Å². The summed E-state index contributed by atoms with van der Waals surface area (Å²) in [5, 5.41) is 19.4. The Morgan fingerprint density at radius 1 is 1.32 bits per heavy atom. The molecule has 0 spiro atoms. The Bertz CT molecular complexity index is 936. The van der Waals surface area contributed by atoms with Gasteiger partial charge in [-0.15, -0.1) is 0 Å². The standard InChI is InChI=1S/C15H14N8O2/c1-10-11(8-22(21-10)12-5-3-2-4-6-12)7-19-20-15-13(23(24)25)14(16)17-9-18-15/h2-9H,1H3,(H3,16,17,18,20). The van der Waals surface area contributed by atoms with Gasteiger partial charge in [-0.25, -0.2) is 14.6 Å². The number of rotatable bonds is 5. The average molecular weight is 338 g/mol. The molecular formula is C15H14N8O2. The van der Waals surface area contributed by atoms with Gasteiger partial charge in [0.05, 0.1) is 22.5 Å². The highest BCUT2D eigenvalue weighted by Crippen LogP contribution is 2.26. The van der Waals surface area contributed by atoms with Crippen molar-refractivity contribution in [3.8, 4) is 5.69 Å². The van der Waals surface area contributed by atoms with Crippen molar-refractivity contribution in [1.29, 1.82) is 0 Å². The van der Waals surface area contributed by atoms with Gasteiger partial charge in [-0.2, -0.15) is 10.2 Å². The smallest absolute Gasteiger partial charge is 0.354 e. The first-order valence-corrected chi connectivity index (χ1v) is 7.22. The molecule has 0 unspecified atom stereocenters. The van der Waals surface area contributed by atoms with Crippen molar-refractivity contribution in [2.24, 2.45) is 5.10 Å². The molecule has 25 heavy (non-hydrogen) atoms.